The van der Waals surface area contributed by atoms with Gasteiger partial charge in [0.25, 0.3) is 10.0 Å². The Bertz CT molecular complexity index is 1540. The lowest BCUT2D eigenvalue weighted by Gasteiger charge is -2.25. The lowest BCUT2D eigenvalue weighted by atomic mass is 9.97. The Balaban J connectivity index is 1.96. The number of benzene rings is 2. The van der Waals surface area contributed by atoms with Crippen LogP contribution >= 0.6 is 0 Å². The van der Waals surface area contributed by atoms with Gasteiger partial charge in [-0.25, -0.2) is 21.5 Å². The number of amides is 1. The van der Waals surface area contributed by atoms with E-state index in [2.05, 4.69) is 10.1 Å². The molecule has 0 aliphatic carbocycles. The second-order valence-corrected chi connectivity index (χ2v) is 9.61. The molecule has 36 heavy (non-hydrogen) atoms. The van der Waals surface area contributed by atoms with Crippen LogP contribution in [0.4, 0.5) is 14.5 Å². The predicted molar refractivity (Wildman–Crippen MR) is 131 cm³/mol. The van der Waals surface area contributed by atoms with Crippen molar-refractivity contribution in [3.8, 4) is 22.4 Å². The topological polar surface area (TPSA) is 111 Å². The normalized spacial score (nSPS) is 11.5. The fourth-order valence-electron chi connectivity index (χ4n) is 3.97. The zero-order valence-corrected chi connectivity index (χ0v) is 20.3. The molecule has 0 aliphatic rings. The standard InChI is InChI=1S/C25H23F2N5O3S/c1-3-31-15-21(17-9-11-29-12-10-17)25(30-31)19-5-4-6-23(20(19)14-28)32(16(2)33)36(34,35)24-13-18(26)7-8-22(24)27/h4-13,15H,3,14,28H2,1-2H3. The van der Waals surface area contributed by atoms with Crippen LogP contribution in [-0.2, 0) is 27.9 Å². The number of anilines is 1. The van der Waals surface area contributed by atoms with Crippen LogP contribution in [0.2, 0.25) is 0 Å². The van der Waals surface area contributed by atoms with Gasteiger partial charge in [-0.3, -0.25) is 14.5 Å². The van der Waals surface area contributed by atoms with E-state index < -0.39 is 32.5 Å². The Kier molecular flexibility index (Phi) is 6.95. The first-order chi connectivity index (χ1) is 17.2. The van der Waals surface area contributed by atoms with Crippen molar-refractivity contribution in [1.82, 2.24) is 14.8 Å². The van der Waals surface area contributed by atoms with E-state index in [-0.39, 0.29) is 12.2 Å². The molecule has 1 amide bonds. The van der Waals surface area contributed by atoms with E-state index in [0.717, 1.165) is 24.1 Å². The number of halogens is 2. The van der Waals surface area contributed by atoms with Gasteiger partial charge in [0.15, 0.2) is 0 Å². The molecule has 4 aromatic rings. The summed E-state index contributed by atoms with van der Waals surface area (Å²) < 4.78 is 57.4. The summed E-state index contributed by atoms with van der Waals surface area (Å²) in [6.07, 6.45) is 5.12. The largest absolute Gasteiger partial charge is 0.326 e. The molecule has 11 heteroatoms. The number of hydrogen-bond donors (Lipinski definition) is 1. The molecule has 0 atom stereocenters. The highest BCUT2D eigenvalue weighted by atomic mass is 32.2. The molecular weight excluding hydrogens is 488 g/mol. The summed E-state index contributed by atoms with van der Waals surface area (Å²) in [4.78, 5) is 15.8. The van der Waals surface area contributed by atoms with E-state index in [4.69, 9.17) is 5.73 Å². The number of rotatable bonds is 7. The second kappa shape index (κ2) is 9.96. The molecule has 8 nitrogen and oxygen atoms in total. The van der Waals surface area contributed by atoms with Crippen molar-refractivity contribution in [3.05, 3.63) is 84.3 Å². The van der Waals surface area contributed by atoms with Crippen LogP contribution in [0.3, 0.4) is 0 Å². The fraction of sp³-hybridized carbons (Fsp3) is 0.160. The van der Waals surface area contributed by atoms with Gasteiger partial charge in [-0.15, -0.1) is 0 Å². The highest BCUT2D eigenvalue weighted by Crippen LogP contribution is 2.38. The molecule has 0 saturated carbocycles. The van der Waals surface area contributed by atoms with Crippen LogP contribution in [0.1, 0.15) is 19.4 Å². The van der Waals surface area contributed by atoms with Gasteiger partial charge in [-0.1, -0.05) is 12.1 Å². The van der Waals surface area contributed by atoms with Crippen LogP contribution in [0.25, 0.3) is 22.4 Å². The van der Waals surface area contributed by atoms with Crippen molar-refractivity contribution in [3.63, 3.8) is 0 Å². The Morgan fingerprint density at radius 3 is 2.44 bits per heavy atom. The van der Waals surface area contributed by atoms with Gasteiger partial charge in [0.05, 0.1) is 5.69 Å². The van der Waals surface area contributed by atoms with E-state index in [1.54, 1.807) is 29.2 Å². The lowest BCUT2D eigenvalue weighted by Crippen LogP contribution is -2.36. The van der Waals surface area contributed by atoms with Gasteiger partial charge in [0.2, 0.25) is 5.91 Å². The van der Waals surface area contributed by atoms with Crippen LogP contribution in [0.15, 0.2) is 72.0 Å². The van der Waals surface area contributed by atoms with Gasteiger partial charge < -0.3 is 5.73 Å². The highest BCUT2D eigenvalue weighted by Gasteiger charge is 2.34. The van der Waals surface area contributed by atoms with Crippen molar-refractivity contribution < 1.29 is 22.0 Å². The van der Waals surface area contributed by atoms with Gasteiger partial charge in [0, 0.05) is 55.3 Å². The average Bonchev–Trinajstić information content (AvgIpc) is 3.30. The van der Waals surface area contributed by atoms with Crippen molar-refractivity contribution in [2.45, 2.75) is 31.8 Å². The summed E-state index contributed by atoms with van der Waals surface area (Å²) in [6, 6.07) is 10.3. The summed E-state index contributed by atoms with van der Waals surface area (Å²) in [6.45, 7) is 3.36. The number of carbonyl (C=O) groups excluding carboxylic acids is 1. The molecule has 0 saturated heterocycles. The molecule has 0 bridgehead atoms. The molecule has 0 aliphatic heterocycles. The van der Waals surface area contributed by atoms with Crippen LogP contribution in [-0.4, -0.2) is 29.1 Å². The molecule has 2 heterocycles. The number of nitrogens with zero attached hydrogens (tertiary/aromatic N) is 4. The zero-order chi connectivity index (χ0) is 26.0. The van der Waals surface area contributed by atoms with Crippen LogP contribution in [0, 0.1) is 11.6 Å². The summed E-state index contributed by atoms with van der Waals surface area (Å²) in [7, 11) is -4.82. The molecule has 2 aromatic heterocycles. The maximum absolute atomic E-state index is 14.5. The fourth-order valence-corrected chi connectivity index (χ4v) is 5.51. The SMILES string of the molecule is CCn1cc(-c2ccncc2)c(-c2cccc(N(C(C)=O)S(=O)(=O)c3cc(F)ccc3F)c2CN)n1. The molecule has 0 fully saturated rings. The summed E-state index contributed by atoms with van der Waals surface area (Å²) in [5, 5.41) is 4.65. The molecule has 2 N–H and O–H groups in total. The van der Waals surface area contributed by atoms with Gasteiger partial charge in [-0.2, -0.15) is 5.10 Å². The number of aryl methyl sites for hydroxylation is 1. The van der Waals surface area contributed by atoms with Crippen molar-refractivity contribution in [2.75, 3.05) is 4.31 Å². The first-order valence-electron chi connectivity index (χ1n) is 11.0. The monoisotopic (exact) mass is 511 g/mol. The molecule has 2 aromatic carbocycles. The number of hydrogen-bond acceptors (Lipinski definition) is 6. The smallest absolute Gasteiger partial charge is 0.273 e. The Hall–Kier alpha value is -3.96. The third-order valence-corrected chi connectivity index (χ3v) is 7.41. The van der Waals surface area contributed by atoms with E-state index in [9.17, 15) is 22.0 Å². The number of nitrogens with two attached hydrogens (primary N) is 1. The number of pyridine rings is 1. The molecule has 4 rings (SSSR count). The zero-order valence-electron chi connectivity index (χ0n) is 19.5. The maximum Gasteiger partial charge on any atom is 0.273 e. The third-order valence-electron chi connectivity index (χ3n) is 5.60. The number of sulfonamides is 1. The van der Waals surface area contributed by atoms with Crippen molar-refractivity contribution in [1.29, 1.82) is 0 Å². The molecule has 0 spiro atoms. The average molecular weight is 512 g/mol. The van der Waals surface area contributed by atoms with E-state index in [0.29, 0.717) is 39.8 Å². The van der Waals surface area contributed by atoms with Crippen molar-refractivity contribution in [2.24, 2.45) is 5.73 Å². The summed E-state index contributed by atoms with van der Waals surface area (Å²) in [5.74, 6) is -3.06. The first kappa shape index (κ1) is 25.1. The summed E-state index contributed by atoms with van der Waals surface area (Å²) >= 11 is 0. The minimum atomic E-state index is -4.82. The van der Waals surface area contributed by atoms with Gasteiger partial charge >= 0.3 is 0 Å². The minimum absolute atomic E-state index is 0.0714. The quantitative estimate of drug-likeness (QED) is 0.400. The Labute approximate surface area is 207 Å². The molecular formula is C25H23F2N5O3S. The lowest BCUT2D eigenvalue weighted by molar-refractivity contribution is -0.115. The predicted octanol–water partition coefficient (Wildman–Crippen LogP) is 4.11. The number of carbonyl (C=O) groups is 1. The minimum Gasteiger partial charge on any atom is -0.326 e. The van der Waals surface area contributed by atoms with Gasteiger partial charge in [-0.05, 0) is 48.9 Å². The first-order valence-corrected chi connectivity index (χ1v) is 12.4. The second-order valence-electron chi connectivity index (χ2n) is 7.85. The number of aromatic nitrogens is 3. The third kappa shape index (κ3) is 4.50. The maximum atomic E-state index is 14.5. The molecule has 0 unspecified atom stereocenters. The molecule has 186 valence electrons. The van der Waals surface area contributed by atoms with E-state index in [1.165, 1.54) is 6.07 Å². The van der Waals surface area contributed by atoms with Gasteiger partial charge in [0.1, 0.15) is 22.2 Å². The van der Waals surface area contributed by atoms with Crippen LogP contribution in [0.5, 0.6) is 0 Å². The van der Waals surface area contributed by atoms with E-state index in [1.807, 2.05) is 25.3 Å². The van der Waals surface area contributed by atoms with Crippen molar-refractivity contribution >= 4 is 21.6 Å². The Morgan fingerprint density at radius 2 is 1.81 bits per heavy atom. The van der Waals surface area contributed by atoms with E-state index >= 15 is 0 Å². The summed E-state index contributed by atoms with van der Waals surface area (Å²) in [5.41, 5.74) is 8.89. The highest BCUT2D eigenvalue weighted by molar-refractivity contribution is 7.93. The molecule has 0 radical (unpaired) electrons. The van der Waals surface area contributed by atoms with Crippen LogP contribution < -0.4 is 10.0 Å². The Morgan fingerprint density at radius 1 is 1.08 bits per heavy atom.